The summed E-state index contributed by atoms with van der Waals surface area (Å²) >= 11 is 1.46. The second-order valence-corrected chi connectivity index (χ2v) is 9.62. The molecule has 172 valence electrons. The molecule has 0 bridgehead atoms. The average Bonchev–Trinajstić information content (AvgIpc) is 3.61. The SMILES string of the molecule is CC(=O)c1ccc(-c2nccc3[nH]c(-c4n[nH]c5cnc(-c6cncc(N(C)C)c6)cc45)cc23)s1. The summed E-state index contributed by atoms with van der Waals surface area (Å²) in [4.78, 5) is 32.6. The van der Waals surface area contributed by atoms with Crippen molar-refractivity contribution < 1.29 is 4.79 Å². The zero-order valence-corrected chi connectivity index (χ0v) is 20.1. The van der Waals surface area contributed by atoms with Crippen molar-refractivity contribution in [3.8, 4) is 33.2 Å². The van der Waals surface area contributed by atoms with Gasteiger partial charge in [-0.2, -0.15) is 5.10 Å². The molecule has 9 heteroatoms. The van der Waals surface area contributed by atoms with Gasteiger partial charge in [-0.25, -0.2) is 0 Å². The van der Waals surface area contributed by atoms with Gasteiger partial charge in [0.25, 0.3) is 0 Å². The number of nitrogens with one attached hydrogen (secondary N) is 2. The highest BCUT2D eigenvalue weighted by atomic mass is 32.1. The van der Waals surface area contributed by atoms with E-state index in [-0.39, 0.29) is 5.78 Å². The molecule has 6 rings (SSSR count). The van der Waals surface area contributed by atoms with E-state index in [9.17, 15) is 4.79 Å². The standard InChI is InChI=1S/C26H21N7OS/c1-14(34)23-4-5-24(35-23)26-17-10-21(30-19(17)6-7-28-26)25-18-9-20(29-13-22(18)31-32-25)15-8-16(33(2)3)12-27-11-15/h4-13,30H,1-3H3,(H,31,32). The van der Waals surface area contributed by atoms with Gasteiger partial charge in [0.15, 0.2) is 5.78 Å². The number of nitrogens with zero attached hydrogens (tertiary/aromatic N) is 5. The Hall–Kier alpha value is -4.37. The number of carbonyl (C=O) groups is 1. The summed E-state index contributed by atoms with van der Waals surface area (Å²) in [7, 11) is 3.98. The molecule has 0 aliphatic carbocycles. The van der Waals surface area contributed by atoms with Gasteiger partial charge in [0.05, 0.1) is 50.4 Å². The first kappa shape index (κ1) is 21.2. The minimum atomic E-state index is 0.0573. The number of aromatic amines is 2. The maximum Gasteiger partial charge on any atom is 0.169 e. The van der Waals surface area contributed by atoms with Crippen LogP contribution in [-0.2, 0) is 0 Å². The van der Waals surface area contributed by atoms with Gasteiger partial charge in [0, 0.05) is 48.3 Å². The molecule has 6 aromatic heterocycles. The van der Waals surface area contributed by atoms with Crippen molar-refractivity contribution >= 4 is 44.6 Å². The van der Waals surface area contributed by atoms with Gasteiger partial charge < -0.3 is 9.88 Å². The Morgan fingerprint density at radius 1 is 0.943 bits per heavy atom. The van der Waals surface area contributed by atoms with Gasteiger partial charge in [0.1, 0.15) is 5.69 Å². The summed E-state index contributed by atoms with van der Waals surface area (Å²) in [6, 6.07) is 11.9. The average molecular weight is 480 g/mol. The van der Waals surface area contributed by atoms with Crippen LogP contribution in [0.3, 0.4) is 0 Å². The number of aromatic nitrogens is 6. The Bertz CT molecular complexity index is 1730. The quantitative estimate of drug-likeness (QED) is 0.314. The molecule has 8 nitrogen and oxygen atoms in total. The van der Waals surface area contributed by atoms with Crippen molar-refractivity contribution in [2.75, 3.05) is 19.0 Å². The summed E-state index contributed by atoms with van der Waals surface area (Å²) in [5.41, 5.74) is 7.10. The van der Waals surface area contributed by atoms with Gasteiger partial charge in [-0.1, -0.05) is 0 Å². The number of carbonyl (C=O) groups excluding carboxylic acids is 1. The van der Waals surface area contributed by atoms with Crippen molar-refractivity contribution in [3.05, 3.63) is 66.1 Å². The van der Waals surface area contributed by atoms with Crippen LogP contribution in [0.25, 0.3) is 55.0 Å². The molecule has 6 heterocycles. The maximum absolute atomic E-state index is 11.8. The fourth-order valence-electron chi connectivity index (χ4n) is 4.12. The molecule has 2 N–H and O–H groups in total. The molecule has 0 radical (unpaired) electrons. The van der Waals surface area contributed by atoms with Gasteiger partial charge in [-0.15, -0.1) is 11.3 Å². The number of Topliss-reactive ketones (excluding diaryl/α,β-unsaturated/α-hetero) is 1. The number of hydrogen-bond donors (Lipinski definition) is 2. The lowest BCUT2D eigenvalue weighted by Crippen LogP contribution is -2.08. The van der Waals surface area contributed by atoms with Gasteiger partial charge in [-0.3, -0.25) is 24.8 Å². The largest absolute Gasteiger partial charge is 0.376 e. The third-order valence-electron chi connectivity index (χ3n) is 5.97. The monoisotopic (exact) mass is 479 g/mol. The lowest BCUT2D eigenvalue weighted by molar-refractivity contribution is 0.102. The van der Waals surface area contributed by atoms with Crippen LogP contribution in [0.5, 0.6) is 0 Å². The molecule has 0 aliphatic heterocycles. The number of pyridine rings is 3. The molecule has 0 aromatic carbocycles. The number of rotatable bonds is 5. The Balaban J connectivity index is 1.46. The first-order chi connectivity index (χ1) is 17.0. The number of anilines is 1. The summed E-state index contributed by atoms with van der Waals surface area (Å²) in [6.07, 6.45) is 7.22. The molecule has 35 heavy (non-hydrogen) atoms. The Morgan fingerprint density at radius 3 is 2.60 bits per heavy atom. The van der Waals surface area contributed by atoms with Gasteiger partial charge in [-0.05, 0) is 43.3 Å². The second kappa shape index (κ2) is 8.14. The third kappa shape index (κ3) is 3.66. The number of ketones is 1. The van der Waals surface area contributed by atoms with Gasteiger partial charge in [0.2, 0.25) is 0 Å². The molecular weight excluding hydrogens is 458 g/mol. The van der Waals surface area contributed by atoms with Crippen molar-refractivity contribution in [1.82, 2.24) is 30.1 Å². The van der Waals surface area contributed by atoms with Crippen LogP contribution in [0.15, 0.2) is 61.2 Å². The normalized spacial score (nSPS) is 11.4. The predicted molar refractivity (Wildman–Crippen MR) is 140 cm³/mol. The van der Waals surface area contributed by atoms with Crippen molar-refractivity contribution in [3.63, 3.8) is 0 Å². The molecular formula is C26H21N7OS. The fourth-order valence-corrected chi connectivity index (χ4v) is 5.04. The zero-order valence-electron chi connectivity index (χ0n) is 19.3. The highest BCUT2D eigenvalue weighted by Gasteiger charge is 2.17. The van der Waals surface area contributed by atoms with E-state index in [1.54, 1.807) is 19.3 Å². The van der Waals surface area contributed by atoms with Crippen molar-refractivity contribution in [2.24, 2.45) is 0 Å². The van der Waals surface area contributed by atoms with Crippen LogP contribution in [-0.4, -0.2) is 50.0 Å². The Labute approximate surface area is 204 Å². The van der Waals surface area contributed by atoms with Crippen LogP contribution in [0.4, 0.5) is 5.69 Å². The van der Waals surface area contributed by atoms with Crippen LogP contribution >= 0.6 is 11.3 Å². The lowest BCUT2D eigenvalue weighted by atomic mass is 10.1. The molecule has 6 aromatic rings. The number of H-pyrrole nitrogens is 2. The molecule has 0 saturated carbocycles. The fraction of sp³-hybridized carbons (Fsp3) is 0.115. The van der Waals surface area contributed by atoms with Crippen LogP contribution < -0.4 is 4.90 Å². The summed E-state index contributed by atoms with van der Waals surface area (Å²) < 4.78 is 0. The van der Waals surface area contributed by atoms with Crippen molar-refractivity contribution in [1.29, 1.82) is 0 Å². The predicted octanol–water partition coefficient (Wildman–Crippen LogP) is 5.56. The molecule has 0 unspecified atom stereocenters. The smallest absolute Gasteiger partial charge is 0.169 e. The molecule has 0 fully saturated rings. The molecule has 0 amide bonds. The highest BCUT2D eigenvalue weighted by Crippen LogP contribution is 2.36. The van der Waals surface area contributed by atoms with Crippen LogP contribution in [0, 0.1) is 0 Å². The lowest BCUT2D eigenvalue weighted by Gasteiger charge is -2.12. The Kier molecular flexibility index (Phi) is 4.93. The van der Waals surface area contributed by atoms with E-state index in [2.05, 4.69) is 42.3 Å². The maximum atomic E-state index is 11.8. The van der Waals surface area contributed by atoms with Crippen molar-refractivity contribution in [2.45, 2.75) is 6.92 Å². The van der Waals surface area contributed by atoms with E-state index in [0.717, 1.165) is 65.6 Å². The third-order valence-corrected chi connectivity index (χ3v) is 7.17. The minimum Gasteiger partial charge on any atom is -0.376 e. The van der Waals surface area contributed by atoms with E-state index in [1.165, 1.54) is 11.3 Å². The molecule has 0 aliphatic rings. The van der Waals surface area contributed by atoms with Crippen LogP contribution in [0.2, 0.25) is 0 Å². The van der Waals surface area contributed by atoms with E-state index in [0.29, 0.717) is 0 Å². The Morgan fingerprint density at radius 2 is 1.80 bits per heavy atom. The number of thiophene rings is 1. The van der Waals surface area contributed by atoms with E-state index in [4.69, 9.17) is 0 Å². The molecule has 0 saturated heterocycles. The van der Waals surface area contributed by atoms with Crippen LogP contribution in [0.1, 0.15) is 16.6 Å². The first-order valence-corrected chi connectivity index (χ1v) is 11.9. The number of fused-ring (bicyclic) bond motifs is 2. The van der Waals surface area contributed by atoms with E-state index < -0.39 is 0 Å². The molecule has 0 spiro atoms. The van der Waals surface area contributed by atoms with E-state index >= 15 is 0 Å². The highest BCUT2D eigenvalue weighted by molar-refractivity contribution is 7.17. The van der Waals surface area contributed by atoms with E-state index in [1.807, 2.05) is 55.7 Å². The first-order valence-electron chi connectivity index (χ1n) is 11.0. The second-order valence-electron chi connectivity index (χ2n) is 8.54. The zero-order chi connectivity index (χ0) is 24.1. The number of hydrogen-bond acceptors (Lipinski definition) is 7. The summed E-state index contributed by atoms with van der Waals surface area (Å²) in [5.74, 6) is 0.0573. The summed E-state index contributed by atoms with van der Waals surface area (Å²) in [6.45, 7) is 1.58. The summed E-state index contributed by atoms with van der Waals surface area (Å²) in [5, 5.41) is 9.62. The molecule has 0 atom stereocenters. The topological polar surface area (TPSA) is 103 Å². The van der Waals surface area contributed by atoms with Gasteiger partial charge >= 0.3 is 0 Å². The minimum absolute atomic E-state index is 0.0573.